The van der Waals surface area contributed by atoms with Gasteiger partial charge in [-0.15, -0.1) is 0 Å². The second-order valence-electron chi connectivity index (χ2n) is 6.71. The van der Waals surface area contributed by atoms with Crippen LogP contribution in [-0.2, 0) is 20.3 Å². The Kier molecular flexibility index (Phi) is 5.30. The van der Waals surface area contributed by atoms with Crippen molar-refractivity contribution in [3.05, 3.63) is 64.7 Å². The van der Waals surface area contributed by atoms with Gasteiger partial charge in [-0.3, -0.25) is 9.48 Å². The second-order valence-corrected chi connectivity index (χ2v) is 6.71. The zero-order valence-electron chi connectivity index (χ0n) is 16.4. The summed E-state index contributed by atoms with van der Waals surface area (Å²) in [5, 5.41) is 8.75. The Hall–Kier alpha value is -3.09. The molecular formula is C20H25N5O2. The maximum atomic E-state index is 12.7. The number of carbonyl (C=O) groups excluding carboxylic acids is 1. The van der Waals surface area contributed by atoms with Crippen molar-refractivity contribution in [2.24, 2.45) is 7.05 Å². The minimum atomic E-state index is -0.132. The molecule has 2 heterocycles. The van der Waals surface area contributed by atoms with Gasteiger partial charge < -0.3 is 9.64 Å². The predicted molar refractivity (Wildman–Crippen MR) is 103 cm³/mol. The van der Waals surface area contributed by atoms with Crippen LogP contribution in [0.4, 0.5) is 0 Å². The Bertz CT molecular complexity index is 957. The predicted octanol–water partition coefficient (Wildman–Crippen LogP) is 2.85. The van der Waals surface area contributed by atoms with E-state index in [9.17, 15) is 4.79 Å². The molecule has 3 rings (SSSR count). The lowest BCUT2D eigenvalue weighted by Gasteiger charge is -2.16. The van der Waals surface area contributed by atoms with Gasteiger partial charge in [0.15, 0.2) is 12.4 Å². The minimum absolute atomic E-state index is 0.132. The van der Waals surface area contributed by atoms with E-state index in [2.05, 4.69) is 10.2 Å². The van der Waals surface area contributed by atoms with E-state index in [0.29, 0.717) is 12.2 Å². The summed E-state index contributed by atoms with van der Waals surface area (Å²) in [7, 11) is 3.68. The standard InChI is InChI=1S/C20H25N5O2/c1-14-8-6-7-9-19(14)27-13-25-11-10-18(22-25)20(26)23(4)12-17-15(2)21-24(5)16(17)3/h6-11H,12-13H2,1-5H3. The van der Waals surface area contributed by atoms with Gasteiger partial charge in [-0.1, -0.05) is 18.2 Å². The van der Waals surface area contributed by atoms with Crippen LogP contribution in [0.25, 0.3) is 0 Å². The molecule has 142 valence electrons. The summed E-state index contributed by atoms with van der Waals surface area (Å²) in [5.41, 5.74) is 4.51. The molecule has 0 radical (unpaired) electrons. The van der Waals surface area contributed by atoms with Crippen LogP contribution in [0.2, 0.25) is 0 Å². The lowest BCUT2D eigenvalue weighted by Crippen LogP contribution is -2.27. The minimum Gasteiger partial charge on any atom is -0.471 e. The largest absolute Gasteiger partial charge is 0.471 e. The quantitative estimate of drug-likeness (QED) is 0.672. The molecule has 1 aromatic carbocycles. The van der Waals surface area contributed by atoms with Crippen LogP contribution in [0, 0.1) is 20.8 Å². The number of rotatable bonds is 6. The highest BCUT2D eigenvalue weighted by molar-refractivity contribution is 5.92. The number of amides is 1. The van der Waals surface area contributed by atoms with Crippen LogP contribution in [0.15, 0.2) is 36.5 Å². The second kappa shape index (κ2) is 7.65. The number of nitrogens with zero attached hydrogens (tertiary/aromatic N) is 5. The molecule has 0 N–H and O–H groups in total. The van der Waals surface area contributed by atoms with Crippen LogP contribution in [0.3, 0.4) is 0 Å². The van der Waals surface area contributed by atoms with Crippen molar-refractivity contribution in [2.45, 2.75) is 34.0 Å². The number of carbonyl (C=O) groups is 1. The first kappa shape index (κ1) is 18.7. The van der Waals surface area contributed by atoms with Crippen molar-refractivity contribution in [2.75, 3.05) is 7.05 Å². The third-order valence-electron chi connectivity index (χ3n) is 4.71. The van der Waals surface area contributed by atoms with Crippen LogP contribution in [-0.4, -0.2) is 37.4 Å². The molecule has 0 aliphatic heterocycles. The van der Waals surface area contributed by atoms with Gasteiger partial charge in [0.1, 0.15) is 5.75 Å². The lowest BCUT2D eigenvalue weighted by atomic mass is 10.2. The molecule has 2 aromatic heterocycles. The molecule has 0 aliphatic carbocycles. The van der Waals surface area contributed by atoms with E-state index < -0.39 is 0 Å². The number of aromatic nitrogens is 4. The maximum absolute atomic E-state index is 12.7. The zero-order valence-corrected chi connectivity index (χ0v) is 16.4. The summed E-state index contributed by atoms with van der Waals surface area (Å²) in [5.74, 6) is 0.674. The molecule has 0 atom stereocenters. The molecule has 0 unspecified atom stereocenters. The van der Waals surface area contributed by atoms with Crippen molar-refractivity contribution in [3.8, 4) is 5.75 Å². The van der Waals surface area contributed by atoms with Crippen LogP contribution in [0.1, 0.15) is 33.0 Å². The molecule has 0 saturated heterocycles. The fourth-order valence-corrected chi connectivity index (χ4v) is 2.95. The Balaban J connectivity index is 1.64. The molecule has 7 heteroatoms. The van der Waals surface area contributed by atoms with Gasteiger partial charge in [0.25, 0.3) is 5.91 Å². The van der Waals surface area contributed by atoms with E-state index >= 15 is 0 Å². The summed E-state index contributed by atoms with van der Waals surface area (Å²) in [6, 6.07) is 9.51. The van der Waals surface area contributed by atoms with Gasteiger partial charge >= 0.3 is 0 Å². The maximum Gasteiger partial charge on any atom is 0.274 e. The Morgan fingerprint density at radius 2 is 1.89 bits per heavy atom. The number of hydrogen-bond donors (Lipinski definition) is 0. The molecule has 0 bridgehead atoms. The first-order valence-corrected chi connectivity index (χ1v) is 8.83. The Labute approximate surface area is 159 Å². The smallest absolute Gasteiger partial charge is 0.274 e. The van der Waals surface area contributed by atoms with Gasteiger partial charge in [-0.25, -0.2) is 4.68 Å². The summed E-state index contributed by atoms with van der Waals surface area (Å²) in [4.78, 5) is 14.4. The van der Waals surface area contributed by atoms with E-state index in [-0.39, 0.29) is 12.6 Å². The summed E-state index contributed by atoms with van der Waals surface area (Å²) in [6.07, 6.45) is 1.75. The topological polar surface area (TPSA) is 65.2 Å². The summed E-state index contributed by atoms with van der Waals surface area (Å²) >= 11 is 0. The highest BCUT2D eigenvalue weighted by atomic mass is 16.5. The van der Waals surface area contributed by atoms with E-state index in [1.165, 1.54) is 0 Å². The van der Waals surface area contributed by atoms with E-state index in [4.69, 9.17) is 4.74 Å². The Morgan fingerprint density at radius 1 is 1.15 bits per heavy atom. The van der Waals surface area contributed by atoms with Gasteiger partial charge in [-0.05, 0) is 38.5 Å². The molecule has 0 saturated carbocycles. The average molecular weight is 367 g/mol. The third kappa shape index (κ3) is 4.02. The molecule has 0 aliphatic rings. The van der Waals surface area contributed by atoms with Crippen LogP contribution >= 0.6 is 0 Å². The zero-order chi connectivity index (χ0) is 19.6. The molecular weight excluding hydrogens is 342 g/mol. The van der Waals surface area contributed by atoms with E-state index in [1.54, 1.807) is 28.9 Å². The fraction of sp³-hybridized carbons (Fsp3) is 0.350. The third-order valence-corrected chi connectivity index (χ3v) is 4.71. The van der Waals surface area contributed by atoms with Crippen molar-refractivity contribution in [1.82, 2.24) is 24.5 Å². The van der Waals surface area contributed by atoms with Crippen LogP contribution < -0.4 is 4.74 Å². The van der Waals surface area contributed by atoms with Crippen molar-refractivity contribution in [1.29, 1.82) is 0 Å². The van der Waals surface area contributed by atoms with Crippen molar-refractivity contribution >= 4 is 5.91 Å². The number of aryl methyl sites for hydroxylation is 3. The number of hydrogen-bond acceptors (Lipinski definition) is 4. The first-order valence-electron chi connectivity index (χ1n) is 8.83. The summed E-state index contributed by atoms with van der Waals surface area (Å²) in [6.45, 7) is 6.70. The van der Waals surface area contributed by atoms with E-state index in [0.717, 1.165) is 28.3 Å². The summed E-state index contributed by atoms with van der Waals surface area (Å²) < 4.78 is 9.22. The monoisotopic (exact) mass is 367 g/mol. The van der Waals surface area contributed by atoms with Gasteiger partial charge in [0.2, 0.25) is 0 Å². The number of benzene rings is 1. The molecule has 7 nitrogen and oxygen atoms in total. The Morgan fingerprint density at radius 3 is 2.56 bits per heavy atom. The molecule has 27 heavy (non-hydrogen) atoms. The first-order chi connectivity index (χ1) is 12.9. The van der Waals surface area contributed by atoms with E-state index in [1.807, 2.05) is 56.8 Å². The highest BCUT2D eigenvalue weighted by Gasteiger charge is 2.18. The SMILES string of the molecule is Cc1ccccc1OCn1ccc(C(=O)N(C)Cc2c(C)nn(C)c2C)n1. The normalized spacial score (nSPS) is 10.9. The number of para-hydroxylation sites is 1. The average Bonchev–Trinajstić information content (AvgIpc) is 3.21. The van der Waals surface area contributed by atoms with Gasteiger partial charge in [-0.2, -0.15) is 10.2 Å². The van der Waals surface area contributed by atoms with Gasteiger partial charge in [0.05, 0.1) is 5.69 Å². The molecule has 1 amide bonds. The van der Waals surface area contributed by atoms with Crippen molar-refractivity contribution < 1.29 is 9.53 Å². The fourth-order valence-electron chi connectivity index (χ4n) is 2.95. The molecule has 0 spiro atoms. The van der Waals surface area contributed by atoms with Crippen molar-refractivity contribution in [3.63, 3.8) is 0 Å². The highest BCUT2D eigenvalue weighted by Crippen LogP contribution is 2.17. The lowest BCUT2D eigenvalue weighted by molar-refractivity contribution is 0.0776. The molecule has 0 fully saturated rings. The number of ether oxygens (including phenoxy) is 1. The molecule has 3 aromatic rings. The van der Waals surface area contributed by atoms with Crippen LogP contribution in [0.5, 0.6) is 5.75 Å². The van der Waals surface area contributed by atoms with Gasteiger partial charge in [0, 0.05) is 38.1 Å².